The van der Waals surface area contributed by atoms with Gasteiger partial charge in [-0.15, -0.1) is 11.3 Å². The third kappa shape index (κ3) is 4.89. The Kier molecular flexibility index (Phi) is 7.57. The van der Waals surface area contributed by atoms with Crippen LogP contribution in [0.4, 0.5) is 5.00 Å². The van der Waals surface area contributed by atoms with E-state index in [9.17, 15) is 14.4 Å². The minimum Gasteiger partial charge on any atom is -0.465 e. The van der Waals surface area contributed by atoms with Gasteiger partial charge in [-0.05, 0) is 51.5 Å². The highest BCUT2D eigenvalue weighted by molar-refractivity contribution is 7.18. The average Bonchev–Trinajstić information content (AvgIpc) is 3.29. The Morgan fingerprint density at radius 1 is 1.25 bits per heavy atom. The Balaban J connectivity index is 2.35. The quantitative estimate of drug-likeness (QED) is 0.531. The molecule has 7 nitrogen and oxygen atoms in total. The number of esters is 1. The van der Waals surface area contributed by atoms with Gasteiger partial charge >= 0.3 is 5.97 Å². The van der Waals surface area contributed by atoms with Crippen LogP contribution in [-0.2, 0) is 9.53 Å². The van der Waals surface area contributed by atoms with Crippen molar-refractivity contribution in [1.82, 2.24) is 4.90 Å². The minimum atomic E-state index is -0.569. The maximum Gasteiger partial charge on any atom is 0.341 e. The summed E-state index contributed by atoms with van der Waals surface area (Å²) in [5, 5.41) is 2.98. The second-order valence-electron chi connectivity index (χ2n) is 5.80. The highest BCUT2D eigenvalue weighted by atomic mass is 32.1. The lowest BCUT2D eigenvalue weighted by Gasteiger charge is -2.18. The molecule has 2 aromatic rings. The molecule has 0 radical (unpaired) electrons. The summed E-state index contributed by atoms with van der Waals surface area (Å²) in [6.07, 6.45) is 4.32. The van der Waals surface area contributed by atoms with Gasteiger partial charge < -0.3 is 19.4 Å². The van der Waals surface area contributed by atoms with Crippen LogP contribution in [0, 0.1) is 6.92 Å². The van der Waals surface area contributed by atoms with E-state index in [1.54, 1.807) is 30.9 Å². The van der Waals surface area contributed by atoms with E-state index in [2.05, 4.69) is 5.32 Å². The molecule has 0 saturated heterocycles. The maximum absolute atomic E-state index is 12.8. The summed E-state index contributed by atoms with van der Waals surface area (Å²) in [5.41, 5.74) is 0.716. The van der Waals surface area contributed by atoms with E-state index in [1.807, 2.05) is 13.8 Å². The molecule has 2 heterocycles. The fraction of sp³-hybridized carbons (Fsp3) is 0.350. The summed E-state index contributed by atoms with van der Waals surface area (Å²) in [6.45, 7) is 8.46. The third-order valence-electron chi connectivity index (χ3n) is 4.05. The Hall–Kier alpha value is -2.87. The van der Waals surface area contributed by atoms with E-state index in [0.717, 1.165) is 11.3 Å². The first-order valence-corrected chi connectivity index (χ1v) is 9.86. The summed E-state index contributed by atoms with van der Waals surface area (Å²) in [7, 11) is 0. The predicted octanol–water partition coefficient (Wildman–Crippen LogP) is 3.96. The fourth-order valence-corrected chi connectivity index (χ4v) is 3.77. The number of anilines is 1. The van der Waals surface area contributed by atoms with Gasteiger partial charge in [0.05, 0.1) is 23.3 Å². The van der Waals surface area contributed by atoms with Crippen LogP contribution in [0.3, 0.4) is 0 Å². The fourth-order valence-electron chi connectivity index (χ4n) is 2.61. The number of carbonyl (C=O) groups is 3. The number of carbonyl (C=O) groups excluding carboxylic acids is 3. The van der Waals surface area contributed by atoms with Crippen molar-refractivity contribution >= 4 is 40.2 Å². The molecule has 1 N–H and O–H groups in total. The first kappa shape index (κ1) is 21.4. The van der Waals surface area contributed by atoms with E-state index in [1.165, 1.54) is 18.4 Å². The zero-order valence-electron chi connectivity index (χ0n) is 16.4. The zero-order chi connectivity index (χ0) is 20.7. The van der Waals surface area contributed by atoms with Gasteiger partial charge in [0.15, 0.2) is 0 Å². The molecule has 0 spiro atoms. The smallest absolute Gasteiger partial charge is 0.341 e. The van der Waals surface area contributed by atoms with Crippen LogP contribution >= 0.6 is 11.3 Å². The van der Waals surface area contributed by atoms with Gasteiger partial charge in [0, 0.05) is 19.2 Å². The molecule has 2 amide bonds. The van der Waals surface area contributed by atoms with Gasteiger partial charge in [0.2, 0.25) is 5.91 Å². The Morgan fingerprint density at radius 3 is 2.54 bits per heavy atom. The zero-order valence-corrected chi connectivity index (χ0v) is 17.2. The normalized spacial score (nSPS) is 10.9. The molecule has 0 saturated carbocycles. The van der Waals surface area contributed by atoms with Crippen LogP contribution in [0.1, 0.15) is 52.1 Å². The minimum absolute atomic E-state index is 0.176. The van der Waals surface area contributed by atoms with E-state index in [-0.39, 0.29) is 18.1 Å². The van der Waals surface area contributed by atoms with Crippen molar-refractivity contribution in [2.24, 2.45) is 0 Å². The third-order valence-corrected chi connectivity index (χ3v) is 5.25. The van der Waals surface area contributed by atoms with Crippen LogP contribution in [-0.4, -0.2) is 42.4 Å². The number of ether oxygens (including phenoxy) is 1. The number of hydrogen-bond donors (Lipinski definition) is 1. The molecule has 0 fully saturated rings. The molecule has 0 aliphatic heterocycles. The van der Waals surface area contributed by atoms with Gasteiger partial charge in [-0.3, -0.25) is 9.59 Å². The molecule has 0 unspecified atom stereocenters. The molecular weight excluding hydrogens is 380 g/mol. The molecular formula is C20H24N2O5S. The van der Waals surface area contributed by atoms with Crippen molar-refractivity contribution in [2.45, 2.75) is 27.7 Å². The number of thiophene rings is 1. The van der Waals surface area contributed by atoms with Gasteiger partial charge in [0.1, 0.15) is 10.8 Å². The van der Waals surface area contributed by atoms with E-state index in [4.69, 9.17) is 9.15 Å². The molecule has 2 aromatic heterocycles. The van der Waals surface area contributed by atoms with Crippen molar-refractivity contribution in [2.75, 3.05) is 25.0 Å². The van der Waals surface area contributed by atoms with E-state index in [0.29, 0.717) is 34.3 Å². The summed E-state index contributed by atoms with van der Waals surface area (Å²) >= 11 is 1.08. The van der Waals surface area contributed by atoms with Crippen LogP contribution in [0.2, 0.25) is 0 Å². The summed E-state index contributed by atoms with van der Waals surface area (Å²) in [6, 6.07) is 3.42. The lowest BCUT2D eigenvalue weighted by atomic mass is 10.1. The SMILES string of the molecule is CCOC(=O)c1c(NC(=O)C=Cc2ccco2)sc(C(=O)N(CC)CC)c1C. The second kappa shape index (κ2) is 9.89. The van der Waals surface area contributed by atoms with E-state index < -0.39 is 11.9 Å². The lowest BCUT2D eigenvalue weighted by Crippen LogP contribution is -2.30. The largest absolute Gasteiger partial charge is 0.465 e. The molecule has 8 heteroatoms. The van der Waals surface area contributed by atoms with Crippen molar-refractivity contribution in [3.63, 3.8) is 0 Å². The average molecular weight is 404 g/mol. The van der Waals surface area contributed by atoms with E-state index >= 15 is 0 Å². The summed E-state index contributed by atoms with van der Waals surface area (Å²) in [4.78, 5) is 39.6. The van der Waals surface area contributed by atoms with Gasteiger partial charge in [-0.2, -0.15) is 0 Å². The molecule has 0 bridgehead atoms. The van der Waals surface area contributed by atoms with Crippen molar-refractivity contribution in [3.05, 3.63) is 46.2 Å². The van der Waals surface area contributed by atoms with Crippen LogP contribution in [0.5, 0.6) is 0 Å². The molecule has 28 heavy (non-hydrogen) atoms. The highest BCUT2D eigenvalue weighted by Crippen LogP contribution is 2.34. The molecule has 0 aliphatic rings. The van der Waals surface area contributed by atoms with Crippen molar-refractivity contribution < 1.29 is 23.5 Å². The topological polar surface area (TPSA) is 88.8 Å². The van der Waals surface area contributed by atoms with Crippen molar-refractivity contribution in [3.8, 4) is 0 Å². The second-order valence-corrected chi connectivity index (χ2v) is 6.82. The number of amides is 2. The maximum atomic E-state index is 12.8. The Morgan fingerprint density at radius 2 is 1.96 bits per heavy atom. The van der Waals surface area contributed by atoms with Gasteiger partial charge in [-0.1, -0.05) is 0 Å². The van der Waals surface area contributed by atoms with Crippen LogP contribution < -0.4 is 5.32 Å². The number of furan rings is 1. The lowest BCUT2D eigenvalue weighted by molar-refractivity contribution is -0.111. The number of nitrogens with zero attached hydrogens (tertiary/aromatic N) is 1. The monoisotopic (exact) mass is 404 g/mol. The molecule has 0 atom stereocenters. The number of rotatable bonds is 8. The molecule has 2 rings (SSSR count). The van der Waals surface area contributed by atoms with Gasteiger partial charge in [0.25, 0.3) is 5.91 Å². The molecule has 150 valence electrons. The van der Waals surface area contributed by atoms with Crippen LogP contribution in [0.25, 0.3) is 6.08 Å². The Labute approximate surface area is 168 Å². The first-order valence-electron chi connectivity index (χ1n) is 9.05. The molecule has 0 aromatic carbocycles. The first-order chi connectivity index (χ1) is 13.4. The Bertz CT molecular complexity index is 864. The predicted molar refractivity (Wildman–Crippen MR) is 109 cm³/mol. The highest BCUT2D eigenvalue weighted by Gasteiger charge is 2.27. The standard InChI is InChI=1S/C20H24N2O5S/c1-5-22(6-2)19(24)17-13(4)16(20(25)26-7-3)18(28-17)21-15(23)11-10-14-9-8-12-27-14/h8-12H,5-7H2,1-4H3,(H,21,23). The van der Waals surface area contributed by atoms with Crippen LogP contribution in [0.15, 0.2) is 28.9 Å². The molecule has 0 aliphatic carbocycles. The number of hydrogen-bond acceptors (Lipinski definition) is 6. The summed E-state index contributed by atoms with van der Waals surface area (Å²) < 4.78 is 10.3. The van der Waals surface area contributed by atoms with Crippen molar-refractivity contribution in [1.29, 1.82) is 0 Å². The number of nitrogens with one attached hydrogen (secondary N) is 1. The summed E-state index contributed by atoms with van der Waals surface area (Å²) in [5.74, 6) is -0.657. The van der Waals surface area contributed by atoms with Gasteiger partial charge in [-0.25, -0.2) is 4.79 Å².